The van der Waals surface area contributed by atoms with Gasteiger partial charge in [0.2, 0.25) is 0 Å². The smallest absolute Gasteiger partial charge is 0.261 e. The van der Waals surface area contributed by atoms with Crippen LogP contribution in [-0.4, -0.2) is 20.1 Å². The molecule has 110 valence electrons. The van der Waals surface area contributed by atoms with E-state index in [2.05, 4.69) is 0 Å². The molecule has 0 aliphatic heterocycles. The van der Waals surface area contributed by atoms with Crippen molar-refractivity contribution in [1.29, 1.82) is 0 Å². The highest BCUT2D eigenvalue weighted by Crippen LogP contribution is 2.30. The third-order valence-electron chi connectivity index (χ3n) is 3.07. The molecule has 21 heavy (non-hydrogen) atoms. The van der Waals surface area contributed by atoms with E-state index in [9.17, 15) is 9.18 Å². The predicted octanol–water partition coefficient (Wildman–Crippen LogP) is 3.35. The molecule has 0 heterocycles. The lowest BCUT2D eigenvalue weighted by Gasteiger charge is -2.19. The Balaban J connectivity index is 2.39. The third kappa shape index (κ3) is 3.08. The Morgan fingerprint density at radius 2 is 1.90 bits per heavy atom. The molecule has 0 radical (unpaired) electrons. The number of nitrogen functional groups attached to an aromatic ring is 1. The van der Waals surface area contributed by atoms with Crippen molar-refractivity contribution in [2.45, 2.75) is 0 Å². The number of carbonyl (C=O) groups is 1. The summed E-state index contributed by atoms with van der Waals surface area (Å²) in [6.45, 7) is 0. The van der Waals surface area contributed by atoms with Gasteiger partial charge in [0.1, 0.15) is 11.6 Å². The zero-order valence-corrected chi connectivity index (χ0v) is 12.3. The predicted molar refractivity (Wildman–Crippen MR) is 81.5 cm³/mol. The SMILES string of the molecule is COc1cc(N)c(Cl)cc1C(=O)N(C)c1ccc(F)cc1. The Bertz CT molecular complexity index is 674. The van der Waals surface area contributed by atoms with Gasteiger partial charge in [-0.3, -0.25) is 4.79 Å². The summed E-state index contributed by atoms with van der Waals surface area (Å²) in [4.78, 5) is 13.9. The summed E-state index contributed by atoms with van der Waals surface area (Å²) in [7, 11) is 3.02. The van der Waals surface area contributed by atoms with Gasteiger partial charge in [-0.1, -0.05) is 11.6 Å². The molecule has 2 N–H and O–H groups in total. The second kappa shape index (κ2) is 6.01. The summed E-state index contributed by atoms with van der Waals surface area (Å²) < 4.78 is 18.1. The maximum atomic E-state index is 12.9. The van der Waals surface area contributed by atoms with Crippen molar-refractivity contribution >= 4 is 28.9 Å². The summed E-state index contributed by atoms with van der Waals surface area (Å²) in [5, 5.41) is 0.270. The van der Waals surface area contributed by atoms with E-state index < -0.39 is 0 Å². The van der Waals surface area contributed by atoms with Crippen molar-refractivity contribution in [1.82, 2.24) is 0 Å². The highest BCUT2D eigenvalue weighted by Gasteiger charge is 2.19. The molecule has 1 amide bonds. The molecule has 2 aromatic carbocycles. The first-order valence-electron chi connectivity index (χ1n) is 6.10. The van der Waals surface area contributed by atoms with Crippen LogP contribution in [0.25, 0.3) is 0 Å². The molecule has 2 rings (SSSR count). The van der Waals surface area contributed by atoms with Crippen molar-refractivity contribution in [2.24, 2.45) is 0 Å². The van der Waals surface area contributed by atoms with Crippen LogP contribution < -0.4 is 15.4 Å². The lowest BCUT2D eigenvalue weighted by Crippen LogP contribution is -2.26. The summed E-state index contributed by atoms with van der Waals surface area (Å²) in [6, 6.07) is 8.54. The summed E-state index contributed by atoms with van der Waals surface area (Å²) in [5.74, 6) is -0.371. The fourth-order valence-corrected chi connectivity index (χ4v) is 2.03. The lowest BCUT2D eigenvalue weighted by molar-refractivity contribution is 0.0990. The maximum Gasteiger partial charge on any atom is 0.261 e. The van der Waals surface area contributed by atoms with Gasteiger partial charge in [0.25, 0.3) is 5.91 Å². The number of methoxy groups -OCH3 is 1. The van der Waals surface area contributed by atoms with E-state index in [1.807, 2.05) is 0 Å². The Morgan fingerprint density at radius 1 is 1.29 bits per heavy atom. The average Bonchev–Trinajstić information content (AvgIpc) is 2.49. The number of hydrogen-bond donors (Lipinski definition) is 1. The van der Waals surface area contributed by atoms with Crippen molar-refractivity contribution < 1.29 is 13.9 Å². The molecule has 0 fully saturated rings. The van der Waals surface area contributed by atoms with Crippen LogP contribution in [-0.2, 0) is 0 Å². The lowest BCUT2D eigenvalue weighted by atomic mass is 10.1. The highest BCUT2D eigenvalue weighted by atomic mass is 35.5. The molecule has 0 aromatic heterocycles. The first-order chi connectivity index (χ1) is 9.93. The van der Waals surface area contributed by atoms with Crippen LogP contribution >= 0.6 is 11.6 Å². The van der Waals surface area contributed by atoms with Gasteiger partial charge in [0.05, 0.1) is 23.4 Å². The van der Waals surface area contributed by atoms with Gasteiger partial charge in [-0.25, -0.2) is 4.39 Å². The molecule has 0 spiro atoms. The topological polar surface area (TPSA) is 55.6 Å². The van der Waals surface area contributed by atoms with Crippen LogP contribution in [0.4, 0.5) is 15.8 Å². The summed E-state index contributed by atoms with van der Waals surface area (Å²) >= 11 is 5.96. The molecule has 0 saturated heterocycles. The minimum atomic E-state index is -0.368. The van der Waals surface area contributed by atoms with E-state index in [0.29, 0.717) is 17.1 Å². The molecule has 0 aliphatic carbocycles. The van der Waals surface area contributed by atoms with Gasteiger partial charge >= 0.3 is 0 Å². The van der Waals surface area contributed by atoms with E-state index in [1.165, 1.54) is 48.4 Å². The molecular formula is C15H14ClFN2O2. The summed E-state index contributed by atoms with van der Waals surface area (Å²) in [6.07, 6.45) is 0. The number of halogens is 2. The van der Waals surface area contributed by atoms with E-state index in [1.54, 1.807) is 7.05 Å². The van der Waals surface area contributed by atoms with Gasteiger partial charge in [-0.2, -0.15) is 0 Å². The molecule has 4 nitrogen and oxygen atoms in total. The third-order valence-corrected chi connectivity index (χ3v) is 3.40. The second-order valence-corrected chi connectivity index (χ2v) is 4.82. The van der Waals surface area contributed by atoms with Crippen molar-refractivity contribution in [2.75, 3.05) is 24.8 Å². The monoisotopic (exact) mass is 308 g/mol. The Morgan fingerprint density at radius 3 is 2.48 bits per heavy atom. The zero-order valence-electron chi connectivity index (χ0n) is 11.6. The quantitative estimate of drug-likeness (QED) is 0.885. The van der Waals surface area contributed by atoms with Crippen LogP contribution in [0.5, 0.6) is 5.75 Å². The number of benzene rings is 2. The van der Waals surface area contributed by atoms with E-state index in [4.69, 9.17) is 22.1 Å². The van der Waals surface area contributed by atoms with E-state index in [0.717, 1.165) is 0 Å². The van der Waals surface area contributed by atoms with E-state index in [-0.39, 0.29) is 22.3 Å². The van der Waals surface area contributed by atoms with Crippen LogP contribution in [0.15, 0.2) is 36.4 Å². The van der Waals surface area contributed by atoms with Gasteiger partial charge in [0, 0.05) is 18.8 Å². The molecule has 0 saturated carbocycles. The van der Waals surface area contributed by atoms with Crippen LogP contribution in [0.2, 0.25) is 5.02 Å². The standard InChI is InChI=1S/C15H14ClFN2O2/c1-19(10-5-3-9(17)4-6-10)15(20)11-7-12(16)13(18)8-14(11)21-2/h3-8H,18H2,1-2H3. The largest absolute Gasteiger partial charge is 0.496 e. The van der Waals surface area contributed by atoms with Crippen LogP contribution in [0.1, 0.15) is 10.4 Å². The number of carbonyl (C=O) groups excluding carboxylic acids is 1. The normalized spacial score (nSPS) is 10.3. The molecule has 2 aromatic rings. The van der Waals surface area contributed by atoms with Crippen LogP contribution in [0.3, 0.4) is 0 Å². The van der Waals surface area contributed by atoms with Crippen molar-refractivity contribution in [3.63, 3.8) is 0 Å². The number of nitrogens with two attached hydrogens (primary N) is 1. The number of nitrogens with zero attached hydrogens (tertiary/aromatic N) is 1. The second-order valence-electron chi connectivity index (χ2n) is 4.41. The number of hydrogen-bond acceptors (Lipinski definition) is 3. The van der Waals surface area contributed by atoms with Gasteiger partial charge in [-0.15, -0.1) is 0 Å². The van der Waals surface area contributed by atoms with Gasteiger partial charge in [-0.05, 0) is 30.3 Å². The Hall–Kier alpha value is -2.27. The molecular weight excluding hydrogens is 295 g/mol. The minimum Gasteiger partial charge on any atom is -0.496 e. The average molecular weight is 309 g/mol. The number of ether oxygens (including phenoxy) is 1. The number of amides is 1. The molecule has 0 unspecified atom stereocenters. The van der Waals surface area contributed by atoms with Crippen molar-refractivity contribution in [3.8, 4) is 5.75 Å². The minimum absolute atomic E-state index is 0.270. The van der Waals surface area contributed by atoms with Crippen molar-refractivity contribution in [3.05, 3.63) is 52.8 Å². The number of anilines is 2. The molecule has 0 aliphatic rings. The zero-order chi connectivity index (χ0) is 15.6. The highest BCUT2D eigenvalue weighted by molar-refractivity contribution is 6.33. The Labute approximate surface area is 126 Å². The first-order valence-corrected chi connectivity index (χ1v) is 6.48. The van der Waals surface area contributed by atoms with Crippen LogP contribution in [0, 0.1) is 5.82 Å². The fourth-order valence-electron chi connectivity index (χ4n) is 1.87. The van der Waals surface area contributed by atoms with Gasteiger partial charge in [0.15, 0.2) is 0 Å². The van der Waals surface area contributed by atoms with Gasteiger partial charge < -0.3 is 15.4 Å². The summed E-state index contributed by atoms with van der Waals surface area (Å²) in [5.41, 5.74) is 6.85. The fraction of sp³-hybridized carbons (Fsp3) is 0.133. The maximum absolute atomic E-state index is 12.9. The number of rotatable bonds is 3. The van der Waals surface area contributed by atoms with E-state index >= 15 is 0 Å². The Kier molecular flexibility index (Phi) is 4.33. The molecule has 0 atom stereocenters. The first kappa shape index (κ1) is 15.1. The molecule has 0 bridgehead atoms. The molecule has 6 heteroatoms.